The van der Waals surface area contributed by atoms with Crippen LogP contribution in [0.2, 0.25) is 10.0 Å². The Kier molecular flexibility index (Phi) is 7.37. The van der Waals surface area contributed by atoms with E-state index >= 15 is 0 Å². The van der Waals surface area contributed by atoms with Crippen LogP contribution in [0.1, 0.15) is 23.2 Å². The summed E-state index contributed by atoms with van der Waals surface area (Å²) in [4.78, 5) is 17.2. The van der Waals surface area contributed by atoms with Gasteiger partial charge in [-0.1, -0.05) is 29.3 Å². The number of rotatable bonds is 7. The molecule has 1 aliphatic rings. The van der Waals surface area contributed by atoms with Crippen molar-refractivity contribution >= 4 is 55.6 Å². The van der Waals surface area contributed by atoms with Crippen LogP contribution in [0.4, 0.5) is 5.13 Å². The predicted molar refractivity (Wildman–Crippen MR) is 131 cm³/mol. The Bertz CT molecular complexity index is 1260. The van der Waals surface area contributed by atoms with Crippen LogP contribution >= 0.6 is 34.5 Å². The summed E-state index contributed by atoms with van der Waals surface area (Å²) >= 11 is 13.3. The molecule has 1 aliphatic heterocycles. The van der Waals surface area contributed by atoms with Crippen LogP contribution in [0.25, 0.3) is 11.3 Å². The molecule has 4 rings (SSSR count). The van der Waals surface area contributed by atoms with Crippen molar-refractivity contribution in [3.63, 3.8) is 0 Å². The molecular weight excluding hydrogens is 505 g/mol. The van der Waals surface area contributed by atoms with Crippen molar-refractivity contribution in [3.05, 3.63) is 63.5 Å². The lowest BCUT2D eigenvalue weighted by atomic mass is 10.2. The molecule has 1 saturated heterocycles. The number of aromatic nitrogens is 1. The molecular formula is C22H21Cl2N3O4S2. The minimum Gasteiger partial charge on any atom is -0.377 e. The molecule has 1 unspecified atom stereocenters. The summed E-state index contributed by atoms with van der Waals surface area (Å²) < 4.78 is 32.5. The Balaban J connectivity index is 1.42. The first-order valence-corrected chi connectivity index (χ1v) is 13.2. The van der Waals surface area contributed by atoms with Crippen LogP contribution < -0.4 is 5.32 Å². The fraction of sp³-hybridized carbons (Fsp3) is 0.273. The molecule has 0 bridgehead atoms. The van der Waals surface area contributed by atoms with E-state index in [-0.39, 0.29) is 16.9 Å². The minimum atomic E-state index is -3.67. The van der Waals surface area contributed by atoms with E-state index in [1.165, 1.54) is 47.0 Å². The van der Waals surface area contributed by atoms with Gasteiger partial charge in [-0.3, -0.25) is 10.1 Å². The number of sulfonamides is 1. The third-order valence-corrected chi connectivity index (χ3v) is 8.58. The van der Waals surface area contributed by atoms with Crippen LogP contribution in [-0.4, -0.2) is 49.9 Å². The van der Waals surface area contributed by atoms with Gasteiger partial charge < -0.3 is 4.74 Å². The number of hydrogen-bond donors (Lipinski definition) is 1. The van der Waals surface area contributed by atoms with Gasteiger partial charge in [0.05, 0.1) is 26.7 Å². The van der Waals surface area contributed by atoms with E-state index in [0.717, 1.165) is 18.4 Å². The highest BCUT2D eigenvalue weighted by Gasteiger charge is 2.26. The maximum Gasteiger partial charge on any atom is 0.257 e. The Morgan fingerprint density at radius 1 is 1.21 bits per heavy atom. The Morgan fingerprint density at radius 3 is 2.64 bits per heavy atom. The lowest BCUT2D eigenvalue weighted by molar-refractivity contribution is 0.0979. The van der Waals surface area contributed by atoms with Gasteiger partial charge >= 0.3 is 0 Å². The van der Waals surface area contributed by atoms with E-state index in [9.17, 15) is 13.2 Å². The number of benzene rings is 2. The number of nitrogens with zero attached hydrogens (tertiary/aromatic N) is 2. The number of ether oxygens (including phenoxy) is 1. The largest absolute Gasteiger partial charge is 0.377 e. The van der Waals surface area contributed by atoms with E-state index in [4.69, 9.17) is 27.9 Å². The van der Waals surface area contributed by atoms with Crippen LogP contribution in [0.15, 0.2) is 52.7 Å². The van der Waals surface area contributed by atoms with Crippen molar-refractivity contribution < 1.29 is 17.9 Å². The fourth-order valence-electron chi connectivity index (χ4n) is 3.42. The van der Waals surface area contributed by atoms with E-state index in [0.29, 0.717) is 39.6 Å². The number of likely N-dealkylation sites (N-methyl/N-ethyl adjacent to an activating group) is 1. The van der Waals surface area contributed by atoms with Crippen LogP contribution in [0.3, 0.4) is 0 Å². The molecule has 11 heteroatoms. The zero-order valence-electron chi connectivity index (χ0n) is 17.6. The highest BCUT2D eigenvalue weighted by atomic mass is 35.5. The number of thiazole rings is 1. The maximum absolute atomic E-state index is 12.8. The molecule has 2 heterocycles. The molecule has 0 spiro atoms. The molecule has 1 fully saturated rings. The molecule has 33 heavy (non-hydrogen) atoms. The summed E-state index contributed by atoms with van der Waals surface area (Å²) in [7, 11) is -2.14. The summed E-state index contributed by atoms with van der Waals surface area (Å²) in [6.07, 6.45) is 1.71. The molecule has 174 valence electrons. The molecule has 1 N–H and O–H groups in total. The highest BCUT2D eigenvalue weighted by molar-refractivity contribution is 7.89. The van der Waals surface area contributed by atoms with E-state index in [1.807, 2.05) is 0 Å². The molecule has 0 radical (unpaired) electrons. The van der Waals surface area contributed by atoms with E-state index in [2.05, 4.69) is 10.3 Å². The van der Waals surface area contributed by atoms with Crippen molar-refractivity contribution in [3.8, 4) is 11.3 Å². The highest BCUT2D eigenvalue weighted by Crippen LogP contribution is 2.30. The van der Waals surface area contributed by atoms with Gasteiger partial charge in [0.2, 0.25) is 10.0 Å². The summed E-state index contributed by atoms with van der Waals surface area (Å²) in [5.41, 5.74) is 1.76. The molecule has 2 aromatic carbocycles. The van der Waals surface area contributed by atoms with Gasteiger partial charge in [0.1, 0.15) is 0 Å². The van der Waals surface area contributed by atoms with Crippen LogP contribution in [0, 0.1) is 0 Å². The quantitative estimate of drug-likeness (QED) is 0.459. The van der Waals surface area contributed by atoms with Gasteiger partial charge in [-0.15, -0.1) is 11.3 Å². The van der Waals surface area contributed by atoms with Crippen molar-refractivity contribution in [1.29, 1.82) is 0 Å². The van der Waals surface area contributed by atoms with Gasteiger partial charge in [0.25, 0.3) is 5.91 Å². The number of halogens is 2. The topological polar surface area (TPSA) is 88.6 Å². The Labute approximate surface area is 206 Å². The zero-order valence-corrected chi connectivity index (χ0v) is 20.8. The third kappa shape index (κ3) is 5.56. The number of hydrogen-bond acceptors (Lipinski definition) is 6. The second-order valence-corrected chi connectivity index (χ2v) is 11.3. The molecule has 1 aromatic heterocycles. The van der Waals surface area contributed by atoms with Crippen LogP contribution in [0.5, 0.6) is 0 Å². The average molecular weight is 526 g/mol. The molecule has 7 nitrogen and oxygen atoms in total. The second kappa shape index (κ2) is 10.1. The number of carbonyl (C=O) groups is 1. The molecule has 3 aromatic rings. The Hall–Kier alpha value is -2.01. The molecule has 1 amide bonds. The van der Waals surface area contributed by atoms with E-state index in [1.54, 1.807) is 23.6 Å². The van der Waals surface area contributed by atoms with Crippen LogP contribution in [-0.2, 0) is 14.8 Å². The summed E-state index contributed by atoms with van der Waals surface area (Å²) in [5, 5.41) is 5.82. The summed E-state index contributed by atoms with van der Waals surface area (Å²) in [6, 6.07) is 11.0. The monoisotopic (exact) mass is 525 g/mol. The zero-order chi connectivity index (χ0) is 23.6. The van der Waals surface area contributed by atoms with Gasteiger partial charge in [0, 0.05) is 36.7 Å². The molecule has 0 saturated carbocycles. The van der Waals surface area contributed by atoms with Gasteiger partial charge in [0.15, 0.2) is 5.13 Å². The smallest absolute Gasteiger partial charge is 0.257 e. The predicted octanol–water partition coefficient (Wildman–Crippen LogP) is 5.17. The van der Waals surface area contributed by atoms with Crippen molar-refractivity contribution in [2.24, 2.45) is 0 Å². The van der Waals surface area contributed by atoms with Crippen molar-refractivity contribution in [2.75, 3.05) is 25.5 Å². The lowest BCUT2D eigenvalue weighted by Gasteiger charge is -2.20. The SMILES string of the molecule is CN(CC1CCCO1)S(=O)(=O)c1ccc(C(=O)Nc2nc(-c3ccc(Cl)c(Cl)c3)cs2)cc1. The third-order valence-electron chi connectivity index (χ3n) is 5.25. The van der Waals surface area contributed by atoms with Gasteiger partial charge in [-0.25, -0.2) is 13.4 Å². The molecule has 0 aliphatic carbocycles. The maximum atomic E-state index is 12.8. The first kappa shape index (κ1) is 24.1. The first-order chi connectivity index (χ1) is 15.7. The van der Waals surface area contributed by atoms with Gasteiger partial charge in [-0.05, 0) is 49.2 Å². The second-order valence-electron chi connectivity index (χ2n) is 7.57. The first-order valence-electron chi connectivity index (χ1n) is 10.1. The standard InChI is InChI=1S/C22H21Cl2N3O4S2/c1-27(12-16-3-2-10-31-16)33(29,30)17-7-4-14(5-8-17)21(28)26-22-25-20(13-32-22)15-6-9-18(23)19(24)11-15/h4-9,11,13,16H,2-3,10,12H2,1H3,(H,25,26,28). The van der Waals surface area contributed by atoms with Gasteiger partial charge in [-0.2, -0.15) is 4.31 Å². The fourth-order valence-corrected chi connectivity index (χ4v) is 5.64. The number of anilines is 1. The summed E-state index contributed by atoms with van der Waals surface area (Å²) in [5.74, 6) is -0.387. The van der Waals surface area contributed by atoms with Crippen molar-refractivity contribution in [2.45, 2.75) is 23.8 Å². The number of amides is 1. The average Bonchev–Trinajstić information content (AvgIpc) is 3.48. The Morgan fingerprint density at radius 2 is 1.97 bits per heavy atom. The number of carbonyl (C=O) groups excluding carboxylic acids is 1. The van der Waals surface area contributed by atoms with E-state index < -0.39 is 10.0 Å². The van der Waals surface area contributed by atoms with Crippen molar-refractivity contribution in [1.82, 2.24) is 9.29 Å². The summed E-state index contributed by atoms with van der Waals surface area (Å²) in [6.45, 7) is 0.964. The molecule has 1 atom stereocenters. The minimum absolute atomic E-state index is 0.0816. The number of nitrogens with one attached hydrogen (secondary N) is 1. The normalized spacial score (nSPS) is 16.3. The lowest BCUT2D eigenvalue weighted by Crippen LogP contribution is -2.34.